The summed E-state index contributed by atoms with van der Waals surface area (Å²) >= 11 is 0. The van der Waals surface area contributed by atoms with E-state index in [0.717, 1.165) is 6.54 Å². The van der Waals surface area contributed by atoms with E-state index in [1.54, 1.807) is 6.07 Å². The first-order chi connectivity index (χ1) is 6.33. The lowest BCUT2D eigenvalue weighted by molar-refractivity contribution is -0.702. The fourth-order valence-electron chi connectivity index (χ4n) is 1.60. The van der Waals surface area contributed by atoms with Gasteiger partial charge in [-0.15, -0.1) is 0 Å². The standard InChI is InChI=1S/C10H9N2O/c11-7-8-4-6-12-5-2-1-3-9(12)10(8)13/h1-3,5,8H,4,6H2/q+1. The minimum Gasteiger partial charge on any atom is -0.286 e. The molecule has 0 saturated heterocycles. The number of ketones is 1. The number of hydrogen-bond donors (Lipinski definition) is 0. The summed E-state index contributed by atoms with van der Waals surface area (Å²) in [6, 6.07) is 7.52. The Morgan fingerprint density at radius 2 is 2.38 bits per heavy atom. The molecule has 0 aromatic carbocycles. The van der Waals surface area contributed by atoms with Crippen molar-refractivity contribution in [2.24, 2.45) is 5.92 Å². The third-order valence-electron chi connectivity index (χ3n) is 2.32. The Morgan fingerprint density at radius 1 is 1.54 bits per heavy atom. The first kappa shape index (κ1) is 7.93. The first-order valence-electron chi connectivity index (χ1n) is 4.25. The highest BCUT2D eigenvalue weighted by Gasteiger charge is 2.32. The Morgan fingerprint density at radius 3 is 3.15 bits per heavy atom. The van der Waals surface area contributed by atoms with Gasteiger partial charge < -0.3 is 0 Å². The van der Waals surface area contributed by atoms with Crippen LogP contribution in [0.25, 0.3) is 0 Å². The normalized spacial score (nSPS) is 20.5. The van der Waals surface area contributed by atoms with Crippen LogP contribution in [0.1, 0.15) is 16.9 Å². The fraction of sp³-hybridized carbons (Fsp3) is 0.300. The number of nitriles is 1. The number of aromatic nitrogens is 1. The number of nitrogens with zero attached hydrogens (tertiary/aromatic N) is 2. The molecule has 1 atom stereocenters. The molecule has 0 saturated carbocycles. The van der Waals surface area contributed by atoms with Gasteiger partial charge in [0.1, 0.15) is 5.92 Å². The van der Waals surface area contributed by atoms with Crippen molar-refractivity contribution in [1.29, 1.82) is 5.26 Å². The van der Waals surface area contributed by atoms with Gasteiger partial charge in [0.15, 0.2) is 12.7 Å². The first-order valence-corrected chi connectivity index (χ1v) is 4.25. The Hall–Kier alpha value is -1.69. The van der Waals surface area contributed by atoms with E-state index >= 15 is 0 Å². The van der Waals surface area contributed by atoms with Gasteiger partial charge in [0.2, 0.25) is 11.5 Å². The van der Waals surface area contributed by atoms with E-state index in [-0.39, 0.29) is 5.78 Å². The van der Waals surface area contributed by atoms with Crippen LogP contribution in [0.2, 0.25) is 0 Å². The van der Waals surface area contributed by atoms with Gasteiger partial charge in [0.05, 0.1) is 6.07 Å². The van der Waals surface area contributed by atoms with E-state index in [0.29, 0.717) is 12.1 Å². The molecule has 0 amide bonds. The average Bonchev–Trinajstić information content (AvgIpc) is 2.19. The molecule has 3 heteroatoms. The molecule has 1 aromatic rings. The van der Waals surface area contributed by atoms with Crippen LogP contribution in [0, 0.1) is 17.2 Å². The van der Waals surface area contributed by atoms with E-state index in [9.17, 15) is 4.79 Å². The van der Waals surface area contributed by atoms with Crippen LogP contribution in [-0.2, 0) is 6.54 Å². The Balaban J connectivity index is 2.46. The lowest BCUT2D eigenvalue weighted by Gasteiger charge is -2.11. The minimum absolute atomic E-state index is 0.0469. The number of carbonyl (C=O) groups excluding carboxylic acids is 1. The van der Waals surface area contributed by atoms with Gasteiger partial charge in [-0.05, 0) is 6.07 Å². The van der Waals surface area contributed by atoms with Gasteiger partial charge in [0.25, 0.3) is 0 Å². The van der Waals surface area contributed by atoms with Gasteiger partial charge in [-0.3, -0.25) is 4.79 Å². The van der Waals surface area contributed by atoms with Gasteiger partial charge in [-0.25, -0.2) is 0 Å². The lowest BCUT2D eigenvalue weighted by Crippen LogP contribution is -2.46. The molecule has 1 aromatic heterocycles. The highest BCUT2D eigenvalue weighted by Crippen LogP contribution is 2.13. The van der Waals surface area contributed by atoms with Crippen molar-refractivity contribution in [3.05, 3.63) is 30.1 Å². The molecule has 0 fully saturated rings. The molecule has 2 rings (SSSR count). The molecule has 13 heavy (non-hydrogen) atoms. The van der Waals surface area contributed by atoms with Crippen molar-refractivity contribution < 1.29 is 9.36 Å². The number of fused-ring (bicyclic) bond motifs is 1. The third kappa shape index (κ3) is 1.20. The second-order valence-corrected chi connectivity index (χ2v) is 3.11. The number of pyridine rings is 1. The van der Waals surface area contributed by atoms with E-state index in [1.165, 1.54) is 0 Å². The van der Waals surface area contributed by atoms with Gasteiger partial charge in [-0.1, -0.05) is 0 Å². The highest BCUT2D eigenvalue weighted by atomic mass is 16.1. The molecule has 3 nitrogen and oxygen atoms in total. The summed E-state index contributed by atoms with van der Waals surface area (Å²) in [6.45, 7) is 0.764. The van der Waals surface area contributed by atoms with Crippen molar-refractivity contribution in [2.45, 2.75) is 13.0 Å². The maximum absolute atomic E-state index is 11.6. The number of hydrogen-bond acceptors (Lipinski definition) is 2. The predicted octanol–water partition coefficient (Wildman–Crippen LogP) is 0.700. The molecular formula is C10H9N2O+. The molecule has 2 heterocycles. The van der Waals surface area contributed by atoms with Crippen LogP contribution in [0.3, 0.4) is 0 Å². The van der Waals surface area contributed by atoms with Crippen LogP contribution in [0.4, 0.5) is 0 Å². The second-order valence-electron chi connectivity index (χ2n) is 3.11. The molecule has 1 aliphatic rings. The van der Waals surface area contributed by atoms with Crippen molar-refractivity contribution in [3.63, 3.8) is 0 Å². The number of Topliss-reactive ketones (excluding diaryl/α,β-unsaturated/α-hetero) is 1. The SMILES string of the molecule is N#CC1CC[n+]2ccccc2C1=O. The smallest absolute Gasteiger partial charge is 0.250 e. The van der Waals surface area contributed by atoms with Crippen LogP contribution in [0.15, 0.2) is 24.4 Å². The van der Waals surface area contributed by atoms with Gasteiger partial charge in [-0.2, -0.15) is 9.83 Å². The molecule has 0 aliphatic carbocycles. The molecule has 0 radical (unpaired) electrons. The molecule has 0 N–H and O–H groups in total. The zero-order valence-electron chi connectivity index (χ0n) is 7.10. The fourth-order valence-corrected chi connectivity index (χ4v) is 1.60. The second kappa shape index (κ2) is 2.98. The summed E-state index contributed by atoms with van der Waals surface area (Å²) in [6.07, 6.45) is 2.51. The van der Waals surface area contributed by atoms with E-state index in [1.807, 2.05) is 29.0 Å². The van der Waals surface area contributed by atoms with Crippen molar-refractivity contribution in [1.82, 2.24) is 0 Å². The van der Waals surface area contributed by atoms with Crippen molar-refractivity contribution >= 4 is 5.78 Å². The summed E-state index contributed by atoms with van der Waals surface area (Å²) in [5.41, 5.74) is 0.653. The van der Waals surface area contributed by atoms with Gasteiger partial charge >= 0.3 is 0 Å². The molecule has 1 aliphatic heterocycles. The number of aryl methyl sites for hydroxylation is 1. The maximum Gasteiger partial charge on any atom is 0.250 e. The van der Waals surface area contributed by atoms with E-state index in [2.05, 4.69) is 0 Å². The van der Waals surface area contributed by atoms with Crippen molar-refractivity contribution in [2.75, 3.05) is 0 Å². The third-order valence-corrected chi connectivity index (χ3v) is 2.32. The monoisotopic (exact) mass is 173 g/mol. The Kier molecular flexibility index (Phi) is 1.82. The van der Waals surface area contributed by atoms with Crippen LogP contribution in [0.5, 0.6) is 0 Å². The topological polar surface area (TPSA) is 44.7 Å². The molecule has 64 valence electrons. The maximum atomic E-state index is 11.6. The molecular weight excluding hydrogens is 164 g/mol. The molecule has 0 bridgehead atoms. The Bertz CT molecular complexity index is 392. The van der Waals surface area contributed by atoms with Gasteiger partial charge in [0, 0.05) is 18.6 Å². The van der Waals surface area contributed by atoms with Crippen LogP contribution in [-0.4, -0.2) is 5.78 Å². The van der Waals surface area contributed by atoms with E-state index in [4.69, 9.17) is 5.26 Å². The Labute approximate surface area is 76.2 Å². The predicted molar refractivity (Wildman–Crippen MR) is 44.7 cm³/mol. The average molecular weight is 173 g/mol. The van der Waals surface area contributed by atoms with Crippen LogP contribution >= 0.6 is 0 Å². The van der Waals surface area contributed by atoms with Crippen LogP contribution < -0.4 is 4.57 Å². The zero-order valence-corrected chi connectivity index (χ0v) is 7.10. The number of rotatable bonds is 0. The number of carbonyl (C=O) groups is 1. The van der Waals surface area contributed by atoms with Crippen molar-refractivity contribution in [3.8, 4) is 6.07 Å². The summed E-state index contributed by atoms with van der Waals surface area (Å²) in [7, 11) is 0. The zero-order chi connectivity index (χ0) is 9.26. The highest BCUT2D eigenvalue weighted by molar-refractivity contribution is 5.96. The summed E-state index contributed by atoms with van der Waals surface area (Å²) in [5.74, 6) is -0.489. The lowest BCUT2D eigenvalue weighted by atomic mass is 9.95. The summed E-state index contributed by atoms with van der Waals surface area (Å²) in [4.78, 5) is 11.6. The molecule has 0 spiro atoms. The largest absolute Gasteiger partial charge is 0.286 e. The quantitative estimate of drug-likeness (QED) is 0.542. The minimum atomic E-state index is -0.442. The van der Waals surface area contributed by atoms with E-state index < -0.39 is 5.92 Å². The summed E-state index contributed by atoms with van der Waals surface area (Å²) < 4.78 is 1.90. The molecule has 1 unspecified atom stereocenters. The summed E-state index contributed by atoms with van der Waals surface area (Å²) in [5, 5.41) is 8.71.